The predicted molar refractivity (Wildman–Crippen MR) is 77.2 cm³/mol. The maximum Gasteiger partial charge on any atom is 0.0623 e. The molecule has 2 rings (SSSR count). The van der Waals surface area contributed by atoms with E-state index in [4.69, 9.17) is 4.74 Å². The molecule has 0 aliphatic carbocycles. The van der Waals surface area contributed by atoms with E-state index in [0.717, 1.165) is 32.8 Å². The number of hydrogen-bond donors (Lipinski definition) is 2. The molecule has 2 unspecified atom stereocenters. The summed E-state index contributed by atoms with van der Waals surface area (Å²) in [6, 6.07) is 2.72. The molecule has 0 bridgehead atoms. The van der Waals surface area contributed by atoms with Crippen LogP contribution in [0, 0.1) is 12.8 Å². The van der Waals surface area contributed by atoms with Crippen molar-refractivity contribution >= 4 is 11.3 Å². The van der Waals surface area contributed by atoms with Gasteiger partial charge in [-0.1, -0.05) is 6.92 Å². The fourth-order valence-corrected chi connectivity index (χ4v) is 3.19. The van der Waals surface area contributed by atoms with Gasteiger partial charge in [-0.25, -0.2) is 0 Å². The van der Waals surface area contributed by atoms with Gasteiger partial charge < -0.3 is 15.4 Å². The summed E-state index contributed by atoms with van der Waals surface area (Å²) in [7, 11) is 0. The van der Waals surface area contributed by atoms with Crippen LogP contribution in [0.1, 0.15) is 23.8 Å². The third kappa shape index (κ3) is 3.79. The second kappa shape index (κ2) is 7.24. The highest BCUT2D eigenvalue weighted by atomic mass is 32.1. The standard InChI is InChI=1S/C14H24N2OS/c1-3-5-16-13-10-17-9-12(13)7-15-8-14-11(2)4-6-18-14/h4,6,12-13,15-16H,3,5,7-10H2,1-2H3. The Morgan fingerprint density at radius 1 is 1.44 bits per heavy atom. The van der Waals surface area contributed by atoms with E-state index in [1.807, 2.05) is 11.3 Å². The monoisotopic (exact) mass is 268 g/mol. The molecule has 102 valence electrons. The Bertz CT molecular complexity index is 353. The van der Waals surface area contributed by atoms with Crippen molar-refractivity contribution in [1.82, 2.24) is 10.6 Å². The fourth-order valence-electron chi connectivity index (χ4n) is 2.31. The van der Waals surface area contributed by atoms with E-state index < -0.39 is 0 Å². The van der Waals surface area contributed by atoms with Gasteiger partial charge in [-0.15, -0.1) is 11.3 Å². The molecule has 1 aliphatic heterocycles. The Balaban J connectivity index is 1.71. The van der Waals surface area contributed by atoms with Crippen molar-refractivity contribution in [2.24, 2.45) is 5.92 Å². The third-order valence-electron chi connectivity index (χ3n) is 3.52. The first kappa shape index (κ1) is 14.0. The van der Waals surface area contributed by atoms with Gasteiger partial charge in [-0.2, -0.15) is 0 Å². The molecule has 0 spiro atoms. The number of ether oxygens (including phenoxy) is 1. The Labute approximate surface area is 114 Å². The van der Waals surface area contributed by atoms with Gasteiger partial charge in [0.25, 0.3) is 0 Å². The zero-order chi connectivity index (χ0) is 12.8. The molecular formula is C14H24N2OS. The van der Waals surface area contributed by atoms with Crippen LogP contribution in [0.2, 0.25) is 0 Å². The van der Waals surface area contributed by atoms with Crippen LogP contribution in [-0.4, -0.2) is 32.3 Å². The molecular weight excluding hydrogens is 244 g/mol. The zero-order valence-corrected chi connectivity index (χ0v) is 12.2. The van der Waals surface area contributed by atoms with E-state index in [-0.39, 0.29) is 0 Å². The quantitative estimate of drug-likeness (QED) is 0.795. The summed E-state index contributed by atoms with van der Waals surface area (Å²) in [6.45, 7) is 9.25. The Morgan fingerprint density at radius 3 is 3.06 bits per heavy atom. The summed E-state index contributed by atoms with van der Waals surface area (Å²) in [4.78, 5) is 1.45. The van der Waals surface area contributed by atoms with Gasteiger partial charge in [0.05, 0.1) is 13.2 Å². The Hall–Kier alpha value is -0.420. The lowest BCUT2D eigenvalue weighted by molar-refractivity contribution is 0.182. The maximum absolute atomic E-state index is 5.58. The van der Waals surface area contributed by atoms with Gasteiger partial charge in [-0.05, 0) is 36.9 Å². The molecule has 2 N–H and O–H groups in total. The van der Waals surface area contributed by atoms with E-state index in [9.17, 15) is 0 Å². The maximum atomic E-state index is 5.58. The van der Waals surface area contributed by atoms with E-state index in [2.05, 4.69) is 35.9 Å². The molecule has 0 amide bonds. The number of rotatable bonds is 7. The summed E-state index contributed by atoms with van der Waals surface area (Å²) in [5.74, 6) is 0.608. The lowest BCUT2D eigenvalue weighted by Gasteiger charge is -2.19. The lowest BCUT2D eigenvalue weighted by Crippen LogP contribution is -2.40. The SMILES string of the molecule is CCCNC1COCC1CNCc1sccc1C. The van der Waals surface area contributed by atoms with Crippen LogP contribution in [0.4, 0.5) is 0 Å². The number of hydrogen-bond acceptors (Lipinski definition) is 4. The molecule has 1 aromatic heterocycles. The van der Waals surface area contributed by atoms with Crippen molar-refractivity contribution in [2.45, 2.75) is 32.9 Å². The largest absolute Gasteiger partial charge is 0.379 e. The first-order chi connectivity index (χ1) is 8.81. The summed E-state index contributed by atoms with van der Waals surface area (Å²) in [6.07, 6.45) is 1.19. The lowest BCUT2D eigenvalue weighted by atomic mass is 10.0. The summed E-state index contributed by atoms with van der Waals surface area (Å²) in [5.41, 5.74) is 1.40. The van der Waals surface area contributed by atoms with E-state index in [1.54, 1.807) is 0 Å². The van der Waals surface area contributed by atoms with Gasteiger partial charge in [-0.3, -0.25) is 0 Å². The minimum Gasteiger partial charge on any atom is -0.379 e. The number of aryl methyl sites for hydroxylation is 1. The van der Waals surface area contributed by atoms with Crippen molar-refractivity contribution in [3.05, 3.63) is 21.9 Å². The second-order valence-corrected chi connectivity index (χ2v) is 6.02. The smallest absolute Gasteiger partial charge is 0.0623 e. The van der Waals surface area contributed by atoms with Crippen molar-refractivity contribution in [2.75, 3.05) is 26.3 Å². The van der Waals surface area contributed by atoms with E-state index in [1.165, 1.54) is 16.9 Å². The van der Waals surface area contributed by atoms with Crippen LogP contribution < -0.4 is 10.6 Å². The van der Waals surface area contributed by atoms with Crippen LogP contribution >= 0.6 is 11.3 Å². The third-order valence-corrected chi connectivity index (χ3v) is 4.54. The minimum atomic E-state index is 0.530. The molecule has 0 saturated carbocycles. The average molecular weight is 268 g/mol. The highest BCUT2D eigenvalue weighted by molar-refractivity contribution is 7.10. The highest BCUT2D eigenvalue weighted by Crippen LogP contribution is 2.16. The van der Waals surface area contributed by atoms with Crippen LogP contribution in [0.3, 0.4) is 0 Å². The van der Waals surface area contributed by atoms with Crippen LogP contribution in [0.5, 0.6) is 0 Å². The number of thiophene rings is 1. The molecule has 3 nitrogen and oxygen atoms in total. The van der Waals surface area contributed by atoms with Crippen molar-refractivity contribution in [3.8, 4) is 0 Å². The molecule has 2 atom stereocenters. The second-order valence-electron chi connectivity index (χ2n) is 5.02. The van der Waals surface area contributed by atoms with Crippen molar-refractivity contribution in [1.29, 1.82) is 0 Å². The van der Waals surface area contributed by atoms with Gasteiger partial charge in [0, 0.05) is 29.9 Å². The molecule has 0 aromatic carbocycles. The van der Waals surface area contributed by atoms with Crippen LogP contribution in [0.25, 0.3) is 0 Å². The molecule has 1 fully saturated rings. The van der Waals surface area contributed by atoms with E-state index in [0.29, 0.717) is 12.0 Å². The molecule has 2 heterocycles. The average Bonchev–Trinajstić information content (AvgIpc) is 2.97. The normalized spacial score (nSPS) is 23.7. The number of nitrogens with one attached hydrogen (secondary N) is 2. The summed E-state index contributed by atoms with van der Waals surface area (Å²) >= 11 is 1.84. The zero-order valence-electron chi connectivity index (χ0n) is 11.4. The van der Waals surface area contributed by atoms with Crippen LogP contribution in [0.15, 0.2) is 11.4 Å². The predicted octanol–water partition coefficient (Wildman–Crippen LogP) is 2.16. The van der Waals surface area contributed by atoms with Crippen LogP contribution in [-0.2, 0) is 11.3 Å². The summed E-state index contributed by atoms with van der Waals surface area (Å²) < 4.78 is 5.58. The van der Waals surface area contributed by atoms with Gasteiger partial charge in [0.15, 0.2) is 0 Å². The van der Waals surface area contributed by atoms with Crippen molar-refractivity contribution < 1.29 is 4.74 Å². The molecule has 1 aromatic rings. The minimum absolute atomic E-state index is 0.530. The molecule has 4 heteroatoms. The first-order valence-electron chi connectivity index (χ1n) is 6.86. The molecule has 0 radical (unpaired) electrons. The Kier molecular flexibility index (Phi) is 5.63. The molecule has 1 saturated heterocycles. The van der Waals surface area contributed by atoms with Gasteiger partial charge in [0.2, 0.25) is 0 Å². The molecule has 18 heavy (non-hydrogen) atoms. The topological polar surface area (TPSA) is 33.3 Å². The highest BCUT2D eigenvalue weighted by Gasteiger charge is 2.26. The van der Waals surface area contributed by atoms with Gasteiger partial charge in [0.1, 0.15) is 0 Å². The van der Waals surface area contributed by atoms with E-state index >= 15 is 0 Å². The molecule has 1 aliphatic rings. The summed E-state index contributed by atoms with van der Waals surface area (Å²) in [5, 5.41) is 9.30. The fraction of sp³-hybridized carbons (Fsp3) is 0.714. The Morgan fingerprint density at radius 2 is 2.33 bits per heavy atom. The van der Waals surface area contributed by atoms with Gasteiger partial charge >= 0.3 is 0 Å². The first-order valence-corrected chi connectivity index (χ1v) is 7.74. The van der Waals surface area contributed by atoms with Crippen molar-refractivity contribution in [3.63, 3.8) is 0 Å².